The lowest BCUT2D eigenvalue weighted by Gasteiger charge is -2.18. The van der Waals surface area contributed by atoms with E-state index in [4.69, 9.17) is 14.2 Å². The maximum absolute atomic E-state index is 12.9. The van der Waals surface area contributed by atoms with Gasteiger partial charge >= 0.3 is 17.9 Å². The Morgan fingerprint density at radius 3 is 0.744 bits per heavy atom. The summed E-state index contributed by atoms with van der Waals surface area (Å²) >= 11 is 0. The molecule has 0 radical (unpaired) electrons. The van der Waals surface area contributed by atoms with E-state index in [-0.39, 0.29) is 31.1 Å². The second-order valence-corrected chi connectivity index (χ2v) is 24.5. The molecular weight excluding hydrogens is 1010 g/mol. The standard InChI is InChI=1S/C76H138O6/c1-4-7-10-13-16-19-21-23-25-27-29-31-33-34-35-36-37-38-39-40-41-43-44-46-48-50-52-54-57-60-63-66-69-75(78)81-72-73(71-80-74(77)68-65-62-59-56-18-15-12-9-6-3)82-76(79)70-67-64-61-58-55-53-51-49-47-45-42-32-30-28-26-24-22-20-17-14-11-8-5-2/h8,11,17,20,24,26,30,32,45,47,73H,4-7,9-10,12-16,18-19,21-23,25,27-29,31,33-44,46,48-72H2,1-3H3/b11-8-,20-17-,26-24-,32-30-,47-45-. The molecule has 0 N–H and O–H groups in total. The Bertz CT molecular complexity index is 1460. The molecule has 0 aliphatic carbocycles. The average molecular weight is 1150 g/mol. The van der Waals surface area contributed by atoms with Crippen molar-refractivity contribution < 1.29 is 28.6 Å². The first-order valence-electron chi connectivity index (χ1n) is 36.3. The van der Waals surface area contributed by atoms with Crippen LogP contribution in [0.15, 0.2) is 60.8 Å². The molecule has 0 fully saturated rings. The molecule has 0 aliphatic rings. The molecule has 82 heavy (non-hydrogen) atoms. The number of allylic oxidation sites excluding steroid dienone is 10. The number of esters is 3. The van der Waals surface area contributed by atoms with Crippen LogP contribution < -0.4 is 0 Å². The van der Waals surface area contributed by atoms with Gasteiger partial charge in [0, 0.05) is 19.3 Å². The fraction of sp³-hybridized carbons (Fsp3) is 0.829. The highest BCUT2D eigenvalue weighted by molar-refractivity contribution is 5.71. The van der Waals surface area contributed by atoms with E-state index in [0.717, 1.165) is 96.3 Å². The second-order valence-electron chi connectivity index (χ2n) is 24.5. The van der Waals surface area contributed by atoms with Gasteiger partial charge in [0.1, 0.15) is 13.2 Å². The van der Waals surface area contributed by atoms with Crippen molar-refractivity contribution in [3.63, 3.8) is 0 Å². The summed E-state index contributed by atoms with van der Waals surface area (Å²) < 4.78 is 16.9. The van der Waals surface area contributed by atoms with Crippen molar-refractivity contribution in [2.45, 2.75) is 393 Å². The predicted molar refractivity (Wildman–Crippen MR) is 358 cm³/mol. The number of ether oxygens (including phenoxy) is 3. The van der Waals surface area contributed by atoms with Gasteiger partial charge in [0.25, 0.3) is 0 Å². The van der Waals surface area contributed by atoms with Gasteiger partial charge in [-0.2, -0.15) is 0 Å². The third-order valence-electron chi connectivity index (χ3n) is 16.3. The molecule has 0 aromatic carbocycles. The average Bonchev–Trinajstić information content (AvgIpc) is 3.48. The third kappa shape index (κ3) is 67.9. The van der Waals surface area contributed by atoms with Crippen LogP contribution in [0, 0.1) is 0 Å². The van der Waals surface area contributed by atoms with Crippen LogP contribution in [-0.2, 0) is 28.6 Å². The van der Waals surface area contributed by atoms with E-state index in [1.165, 1.54) is 250 Å². The van der Waals surface area contributed by atoms with E-state index in [0.29, 0.717) is 19.3 Å². The Morgan fingerprint density at radius 1 is 0.256 bits per heavy atom. The zero-order valence-corrected chi connectivity index (χ0v) is 55.0. The number of carbonyl (C=O) groups excluding carboxylic acids is 3. The SMILES string of the molecule is CC/C=C\C/C=C\C/C=C\C/C=C\C/C=C\CCCCCCCCCC(=O)OC(COC(=O)CCCCCCCCCCC)COC(=O)CCCCCCCCCCCCCCCCCCCCCCCCCCCCCCCCCC. The maximum Gasteiger partial charge on any atom is 0.306 e. The van der Waals surface area contributed by atoms with E-state index in [1.54, 1.807) is 0 Å². The summed E-state index contributed by atoms with van der Waals surface area (Å²) in [4.78, 5) is 38.3. The first kappa shape index (κ1) is 79.1. The summed E-state index contributed by atoms with van der Waals surface area (Å²) in [5.41, 5.74) is 0. The summed E-state index contributed by atoms with van der Waals surface area (Å²) in [7, 11) is 0. The highest BCUT2D eigenvalue weighted by Gasteiger charge is 2.19. The molecule has 0 spiro atoms. The molecule has 6 heteroatoms. The number of carbonyl (C=O) groups is 3. The topological polar surface area (TPSA) is 78.9 Å². The van der Waals surface area contributed by atoms with Crippen molar-refractivity contribution in [2.24, 2.45) is 0 Å². The molecule has 478 valence electrons. The lowest BCUT2D eigenvalue weighted by molar-refractivity contribution is -0.167. The van der Waals surface area contributed by atoms with Gasteiger partial charge in [0.15, 0.2) is 6.10 Å². The Kier molecular flexibility index (Phi) is 68.1. The predicted octanol–water partition coefficient (Wildman–Crippen LogP) is 25.1. The first-order chi connectivity index (χ1) is 40.5. The number of hydrogen-bond acceptors (Lipinski definition) is 6. The molecule has 0 rings (SSSR count). The fourth-order valence-corrected chi connectivity index (χ4v) is 10.9. The van der Waals surface area contributed by atoms with E-state index >= 15 is 0 Å². The molecule has 1 unspecified atom stereocenters. The minimum absolute atomic E-state index is 0.0743. The van der Waals surface area contributed by atoms with Crippen LogP contribution in [-0.4, -0.2) is 37.2 Å². The van der Waals surface area contributed by atoms with Crippen LogP contribution in [0.4, 0.5) is 0 Å². The highest BCUT2D eigenvalue weighted by Crippen LogP contribution is 2.19. The van der Waals surface area contributed by atoms with Gasteiger partial charge in [-0.15, -0.1) is 0 Å². The molecule has 0 aromatic rings. The van der Waals surface area contributed by atoms with Crippen molar-refractivity contribution in [2.75, 3.05) is 13.2 Å². The van der Waals surface area contributed by atoms with E-state index in [1.807, 2.05) is 0 Å². The summed E-state index contributed by atoms with van der Waals surface area (Å²) in [6, 6.07) is 0. The third-order valence-corrected chi connectivity index (χ3v) is 16.3. The summed E-state index contributed by atoms with van der Waals surface area (Å²) in [5, 5.41) is 0. The van der Waals surface area contributed by atoms with E-state index < -0.39 is 6.10 Å². The van der Waals surface area contributed by atoms with Crippen molar-refractivity contribution in [1.82, 2.24) is 0 Å². The molecule has 0 aromatic heterocycles. The van der Waals surface area contributed by atoms with Crippen molar-refractivity contribution in [1.29, 1.82) is 0 Å². The summed E-state index contributed by atoms with van der Waals surface area (Å²) in [6.07, 6.45) is 91.4. The Morgan fingerprint density at radius 2 is 0.476 bits per heavy atom. The second kappa shape index (κ2) is 70.6. The van der Waals surface area contributed by atoms with Crippen LogP contribution >= 0.6 is 0 Å². The lowest BCUT2D eigenvalue weighted by Crippen LogP contribution is -2.30. The quantitative estimate of drug-likeness (QED) is 0.0261. The molecule has 0 saturated heterocycles. The van der Waals surface area contributed by atoms with Crippen LogP contribution in [0.1, 0.15) is 387 Å². The van der Waals surface area contributed by atoms with Crippen LogP contribution in [0.5, 0.6) is 0 Å². The summed E-state index contributed by atoms with van der Waals surface area (Å²) in [5.74, 6) is -0.866. The van der Waals surface area contributed by atoms with Gasteiger partial charge in [0.2, 0.25) is 0 Å². The maximum atomic E-state index is 12.9. The van der Waals surface area contributed by atoms with Crippen LogP contribution in [0.2, 0.25) is 0 Å². The van der Waals surface area contributed by atoms with Gasteiger partial charge in [-0.25, -0.2) is 0 Å². The minimum Gasteiger partial charge on any atom is -0.462 e. The molecule has 0 amide bonds. The number of hydrogen-bond donors (Lipinski definition) is 0. The molecule has 0 aliphatic heterocycles. The van der Waals surface area contributed by atoms with Crippen molar-refractivity contribution >= 4 is 17.9 Å². The summed E-state index contributed by atoms with van der Waals surface area (Å²) in [6.45, 7) is 6.56. The van der Waals surface area contributed by atoms with Gasteiger partial charge < -0.3 is 14.2 Å². The molecule has 0 saturated carbocycles. The Labute approximate surface area is 510 Å². The highest BCUT2D eigenvalue weighted by atomic mass is 16.6. The normalized spacial score (nSPS) is 12.4. The zero-order valence-electron chi connectivity index (χ0n) is 55.0. The largest absolute Gasteiger partial charge is 0.462 e. The first-order valence-corrected chi connectivity index (χ1v) is 36.3. The number of unbranched alkanes of at least 4 members (excludes halogenated alkanes) is 46. The van der Waals surface area contributed by atoms with Crippen LogP contribution in [0.25, 0.3) is 0 Å². The van der Waals surface area contributed by atoms with E-state index in [9.17, 15) is 14.4 Å². The molecular formula is C76H138O6. The molecule has 1 atom stereocenters. The molecule has 0 bridgehead atoms. The molecule has 6 nitrogen and oxygen atoms in total. The van der Waals surface area contributed by atoms with E-state index in [2.05, 4.69) is 81.5 Å². The Balaban J connectivity index is 4.08. The number of rotatable bonds is 67. The van der Waals surface area contributed by atoms with Crippen molar-refractivity contribution in [3.8, 4) is 0 Å². The Hall–Kier alpha value is -2.89. The van der Waals surface area contributed by atoms with Gasteiger partial charge in [0.05, 0.1) is 0 Å². The minimum atomic E-state index is -0.778. The lowest BCUT2D eigenvalue weighted by atomic mass is 10.0. The smallest absolute Gasteiger partial charge is 0.306 e. The van der Waals surface area contributed by atoms with Gasteiger partial charge in [-0.3, -0.25) is 14.4 Å². The zero-order chi connectivity index (χ0) is 59.2. The fourth-order valence-electron chi connectivity index (χ4n) is 10.9. The monoisotopic (exact) mass is 1150 g/mol. The van der Waals surface area contributed by atoms with Gasteiger partial charge in [-0.05, 0) is 64.2 Å². The van der Waals surface area contributed by atoms with Crippen LogP contribution in [0.3, 0.4) is 0 Å². The van der Waals surface area contributed by atoms with Crippen molar-refractivity contribution in [3.05, 3.63) is 60.8 Å². The molecule has 0 heterocycles. The van der Waals surface area contributed by atoms with Gasteiger partial charge in [-0.1, -0.05) is 364 Å².